The lowest BCUT2D eigenvalue weighted by Crippen LogP contribution is -2.44. The summed E-state index contributed by atoms with van der Waals surface area (Å²) in [5, 5.41) is 2.74. The van der Waals surface area contributed by atoms with Gasteiger partial charge in [0, 0.05) is 46.0 Å². The molecule has 1 aromatic rings. The van der Waals surface area contributed by atoms with Crippen LogP contribution in [-0.2, 0) is 23.8 Å². The molecule has 3 rings (SSSR count). The lowest BCUT2D eigenvalue weighted by Gasteiger charge is -2.33. The van der Waals surface area contributed by atoms with E-state index < -0.39 is 35.2 Å². The second kappa shape index (κ2) is 9.29. The molecule has 0 unspecified atom stereocenters. The average Bonchev–Trinajstić information content (AvgIpc) is 2.68. The Hall–Kier alpha value is -3.30. The molecule has 33 heavy (non-hydrogen) atoms. The molecule has 0 aromatic heterocycles. The molecule has 10 heteroatoms. The number of anilines is 1. The largest absolute Gasteiger partial charge is 0.485 e. The van der Waals surface area contributed by atoms with Gasteiger partial charge in [0.05, 0.1) is 5.69 Å². The van der Waals surface area contributed by atoms with Crippen molar-refractivity contribution in [2.45, 2.75) is 65.0 Å². The molecule has 1 aromatic carbocycles. The van der Waals surface area contributed by atoms with E-state index in [9.17, 15) is 18.8 Å². The minimum Gasteiger partial charge on any atom is -0.485 e. The van der Waals surface area contributed by atoms with Crippen LogP contribution in [0.1, 0.15) is 47.5 Å². The zero-order valence-electron chi connectivity index (χ0n) is 19.4. The molecule has 0 radical (unpaired) electrons. The highest BCUT2D eigenvalue weighted by Gasteiger charge is 2.39. The molecule has 0 bridgehead atoms. The summed E-state index contributed by atoms with van der Waals surface area (Å²) < 4.78 is 35.9. The summed E-state index contributed by atoms with van der Waals surface area (Å²) in [6.07, 6.45) is 1.35. The second-order valence-corrected chi connectivity index (χ2v) is 9.28. The number of amides is 1. The maximum atomic E-state index is 14.6. The molecule has 2 aliphatic rings. The van der Waals surface area contributed by atoms with Crippen molar-refractivity contribution >= 4 is 23.7 Å². The summed E-state index contributed by atoms with van der Waals surface area (Å²) in [6, 6.07) is 4.26. The normalized spacial score (nSPS) is 18.8. The fourth-order valence-corrected chi connectivity index (χ4v) is 3.32. The van der Waals surface area contributed by atoms with Gasteiger partial charge in [0.25, 0.3) is 5.79 Å². The number of likely N-dealkylation sites (tertiary alicyclic amines) is 1. The first-order valence-electron chi connectivity index (χ1n) is 10.7. The van der Waals surface area contributed by atoms with Crippen LogP contribution in [0.5, 0.6) is 5.75 Å². The number of halogens is 1. The van der Waals surface area contributed by atoms with E-state index in [4.69, 9.17) is 18.9 Å². The maximum absolute atomic E-state index is 14.6. The third-order valence-electron chi connectivity index (χ3n) is 4.83. The monoisotopic (exact) mass is 464 g/mol. The first kappa shape index (κ1) is 24.3. The lowest BCUT2D eigenvalue weighted by atomic mass is 10.1. The number of nitrogens with one attached hydrogen (secondary N) is 1. The minimum atomic E-state index is -1.35. The second-order valence-electron chi connectivity index (χ2n) is 9.28. The Bertz CT molecular complexity index is 938. The fraction of sp³-hybridized carbons (Fsp3) is 0.522. The Balaban J connectivity index is 1.66. The molecule has 0 spiro atoms. The van der Waals surface area contributed by atoms with Gasteiger partial charge >= 0.3 is 18.0 Å². The molecule has 2 fully saturated rings. The summed E-state index contributed by atoms with van der Waals surface area (Å²) in [4.78, 5) is 38.0. The predicted octanol–water partition coefficient (Wildman–Crippen LogP) is 3.74. The van der Waals surface area contributed by atoms with Gasteiger partial charge < -0.3 is 29.2 Å². The van der Waals surface area contributed by atoms with E-state index in [2.05, 4.69) is 5.32 Å². The third kappa shape index (κ3) is 6.36. The standard InChI is InChI=1S/C23H29FN2O7/c1-22(2,3)33-21(29)26-11-9-14(10-12-26)30-18-16(24)7-6-8-17(18)25-13-15-19(27)31-23(4,5)32-20(15)28/h6-8,13-14,25H,9-12H2,1-5H3. The predicted molar refractivity (Wildman–Crippen MR) is 116 cm³/mol. The van der Waals surface area contributed by atoms with E-state index in [1.807, 2.05) is 0 Å². The number of hydrogen-bond acceptors (Lipinski definition) is 8. The van der Waals surface area contributed by atoms with E-state index in [1.165, 1.54) is 26.0 Å². The maximum Gasteiger partial charge on any atom is 0.410 e. The Kier molecular flexibility index (Phi) is 6.85. The van der Waals surface area contributed by atoms with Gasteiger partial charge in [0.2, 0.25) is 0 Å². The van der Waals surface area contributed by atoms with Gasteiger partial charge in [-0.1, -0.05) is 6.07 Å². The van der Waals surface area contributed by atoms with Gasteiger partial charge in [-0.05, 0) is 32.9 Å². The van der Waals surface area contributed by atoms with Crippen LogP contribution in [0, 0.1) is 5.82 Å². The zero-order chi connectivity index (χ0) is 24.4. The molecule has 1 N–H and O–H groups in total. The van der Waals surface area contributed by atoms with Crippen LogP contribution >= 0.6 is 0 Å². The van der Waals surface area contributed by atoms with Crippen LogP contribution in [0.3, 0.4) is 0 Å². The number of piperidine rings is 1. The van der Waals surface area contributed by atoms with Crippen molar-refractivity contribution < 1.29 is 37.7 Å². The number of cyclic esters (lactones) is 2. The smallest absolute Gasteiger partial charge is 0.410 e. The van der Waals surface area contributed by atoms with Crippen molar-refractivity contribution in [1.82, 2.24) is 4.90 Å². The molecule has 0 atom stereocenters. The lowest BCUT2D eigenvalue weighted by molar-refractivity contribution is -0.222. The topological polar surface area (TPSA) is 103 Å². The van der Waals surface area contributed by atoms with Crippen molar-refractivity contribution in [3.63, 3.8) is 0 Å². The summed E-state index contributed by atoms with van der Waals surface area (Å²) in [6.45, 7) is 9.12. The van der Waals surface area contributed by atoms with Crippen LogP contribution in [-0.4, -0.2) is 53.5 Å². The fourth-order valence-electron chi connectivity index (χ4n) is 3.32. The highest BCUT2D eigenvalue weighted by molar-refractivity contribution is 6.15. The number of benzene rings is 1. The van der Waals surface area contributed by atoms with Gasteiger partial charge in [0.1, 0.15) is 11.7 Å². The van der Waals surface area contributed by atoms with Gasteiger partial charge in [-0.3, -0.25) is 0 Å². The van der Waals surface area contributed by atoms with E-state index in [1.54, 1.807) is 31.7 Å². The summed E-state index contributed by atoms with van der Waals surface area (Å²) >= 11 is 0. The van der Waals surface area contributed by atoms with Crippen LogP contribution in [0.2, 0.25) is 0 Å². The zero-order valence-corrected chi connectivity index (χ0v) is 19.4. The molecule has 1 amide bonds. The average molecular weight is 464 g/mol. The Morgan fingerprint density at radius 1 is 1.18 bits per heavy atom. The van der Waals surface area contributed by atoms with Gasteiger partial charge in [-0.2, -0.15) is 0 Å². The van der Waals surface area contributed by atoms with Crippen LogP contribution in [0.4, 0.5) is 14.9 Å². The Morgan fingerprint density at radius 3 is 2.36 bits per heavy atom. The van der Waals surface area contributed by atoms with E-state index in [0.29, 0.717) is 25.9 Å². The minimum absolute atomic E-state index is 0.0528. The third-order valence-corrected chi connectivity index (χ3v) is 4.83. The number of rotatable bonds is 4. The molecule has 2 heterocycles. The quantitative estimate of drug-likeness (QED) is 0.408. The van der Waals surface area contributed by atoms with Crippen LogP contribution in [0.15, 0.2) is 30.0 Å². The van der Waals surface area contributed by atoms with Crippen LogP contribution in [0.25, 0.3) is 0 Å². The summed E-state index contributed by atoms with van der Waals surface area (Å²) in [5.41, 5.74) is -0.711. The number of hydrogen-bond donors (Lipinski definition) is 1. The number of ether oxygens (including phenoxy) is 4. The Labute approximate surface area is 191 Å². The van der Waals surface area contributed by atoms with Crippen molar-refractivity contribution in [3.05, 3.63) is 35.8 Å². The molecule has 2 saturated heterocycles. The number of para-hydroxylation sites is 1. The van der Waals surface area contributed by atoms with Gasteiger partial charge in [-0.15, -0.1) is 0 Å². The van der Waals surface area contributed by atoms with E-state index >= 15 is 0 Å². The first-order valence-corrected chi connectivity index (χ1v) is 10.7. The molecular formula is C23H29FN2O7. The number of esters is 2. The first-order chi connectivity index (χ1) is 15.3. The molecular weight excluding hydrogens is 435 g/mol. The van der Waals surface area contributed by atoms with Crippen molar-refractivity contribution in [2.24, 2.45) is 0 Å². The molecule has 9 nitrogen and oxygen atoms in total. The summed E-state index contributed by atoms with van der Waals surface area (Å²) in [5.74, 6) is -3.72. The van der Waals surface area contributed by atoms with Crippen molar-refractivity contribution in [1.29, 1.82) is 0 Å². The van der Waals surface area contributed by atoms with Crippen molar-refractivity contribution in [2.75, 3.05) is 18.4 Å². The SMILES string of the molecule is CC(C)(C)OC(=O)N1CCC(Oc2c(F)cccc2NC=C2C(=O)OC(C)(C)OC2=O)CC1. The Morgan fingerprint density at radius 2 is 1.79 bits per heavy atom. The highest BCUT2D eigenvalue weighted by Crippen LogP contribution is 2.31. The van der Waals surface area contributed by atoms with E-state index in [-0.39, 0.29) is 23.1 Å². The highest BCUT2D eigenvalue weighted by atomic mass is 19.1. The molecule has 180 valence electrons. The number of carbonyl (C=O) groups excluding carboxylic acids is 3. The van der Waals surface area contributed by atoms with Gasteiger partial charge in [0.15, 0.2) is 17.1 Å². The molecule has 0 saturated carbocycles. The van der Waals surface area contributed by atoms with Crippen LogP contribution < -0.4 is 10.1 Å². The molecule has 2 aliphatic heterocycles. The summed E-state index contributed by atoms with van der Waals surface area (Å²) in [7, 11) is 0. The van der Waals surface area contributed by atoms with E-state index in [0.717, 1.165) is 6.20 Å². The van der Waals surface area contributed by atoms with Crippen molar-refractivity contribution in [3.8, 4) is 5.75 Å². The number of carbonyl (C=O) groups is 3. The van der Waals surface area contributed by atoms with Gasteiger partial charge in [-0.25, -0.2) is 18.8 Å². The number of nitrogens with zero attached hydrogens (tertiary/aromatic N) is 1. The molecule has 0 aliphatic carbocycles.